The fraction of sp³-hybridized carbons (Fsp3) is 0.747. The number of rotatable bonds is 16. The number of carbonyl (C=O) groups excluding carboxylic acids is 8. The van der Waals surface area contributed by atoms with Crippen molar-refractivity contribution in [1.29, 1.82) is 0 Å². The van der Waals surface area contributed by atoms with Gasteiger partial charge in [0.05, 0.1) is 47.8 Å². The van der Waals surface area contributed by atoms with Crippen molar-refractivity contribution in [3.8, 4) is 0 Å². The Hall–Kier alpha value is -7.04. The predicted octanol–water partition coefficient (Wildman–Crippen LogP) is 7.33. The standard InChI is InChI=1S/C13H18O5S.5C12H16O5S.2C11H14O5S/c1-6(2)12(14)17-10-7-5-8-9(13(7,3)4)11(10)19(15,16)18-8;1-6(2)11(13)16-10-9-7-4-12(10,3)5-8(7)17-18(9,14)15;1-6(2)11(13)16-9-7-4-8-12(3,5-7)10(9)18(14,15)17-8;1-6(2)11(13)16-9-7-4-8-10(9)18(14,15)17-12(8,3)5-7;1-6(2)11(13)16-12(3)7-4-8-9(5-7)17-18(14,15)10(8)12;1-5(2)12(13)16-10-7-4-8-9(6(7)3)17-18(14,15)11(8)10;1-5(2)11(12)15-9-6-3-7-8(4-6)16-17(13,14)10(7)9;1-3-8(12)15-9-6-4-7-10(9)17(13,14)16-11(7,2)5-6/h7-11H,1,5H2,2-4H3;4*7-10H,1,4-5H2,2-3H3;6-11H,1,4H2,2-3H3;6-10H,1,3-4H2,2H3;3,6-7,9-10H,1,4-5H2,2H3. The molecule has 143 heavy (non-hydrogen) atoms. The first-order chi connectivity index (χ1) is 65.8. The third kappa shape index (κ3) is 17.5. The molecule has 41 unspecified atom stereocenters. The first kappa shape index (κ1) is 107. The topological polar surface area (TPSA) is 557 Å². The predicted molar refractivity (Wildman–Crippen MR) is 500 cm³/mol. The molecule has 0 aromatic heterocycles. The van der Waals surface area contributed by atoms with Gasteiger partial charge in [-0.3, -0.25) is 33.5 Å². The maximum atomic E-state index is 12.1. The quantitative estimate of drug-likeness (QED) is 0.0631. The zero-order valence-corrected chi connectivity index (χ0v) is 88.5. The summed E-state index contributed by atoms with van der Waals surface area (Å²) in [5.41, 5.74) is -0.976. The van der Waals surface area contributed by atoms with Gasteiger partial charge in [-0.1, -0.05) is 87.3 Å². The number of fused-ring (bicyclic) bond motifs is 8. The first-order valence-corrected chi connectivity index (χ1v) is 59.9. The van der Waals surface area contributed by atoms with Crippen LogP contribution in [-0.4, -0.2) is 253 Å². The summed E-state index contributed by atoms with van der Waals surface area (Å²) < 4.78 is 276. The second-order valence-electron chi connectivity index (χ2n) is 45.7. The normalized spacial score (nSPS) is 46.8. The van der Waals surface area contributed by atoms with Crippen LogP contribution in [0.25, 0.3) is 0 Å². The highest BCUT2D eigenvalue weighted by Gasteiger charge is 2.79. The lowest BCUT2D eigenvalue weighted by atomic mass is 9.81. The highest BCUT2D eigenvalue weighted by Crippen LogP contribution is 2.70. The SMILES string of the molecule is C=C(C)C(=O)OC1(C)C2CC3OS(=O)(=O)C1C3C2.C=C(C)C(=O)OC1C2C3CC1(C)CC3OS2(=O)=O.C=C(C)C(=O)OC1C2CC3C(OS(=O)(=O)C31)C2C.C=C(C)C(=O)OC1C2CC3C1S(=O)(=O)OC3(C)C2.C=C(C)C(=O)OC1C2CC3OS(=O)(=O)C1C3(C)C2.C=C(C)C(=O)OC1C2CC3OS(=O)(=O)C1C3C2.C=C(C)C(=O)OC1C2CC3OS(=O)(=O)C1C3C2(C)C.C=CC(=O)OC1C2CC3C1S(=O)(=O)OC3(C)C2. The van der Waals surface area contributed by atoms with Crippen molar-refractivity contribution >= 4 is 129 Å². The van der Waals surface area contributed by atoms with Crippen molar-refractivity contribution in [3.05, 3.63) is 97.7 Å². The molecular formula is C95H126O40S8. The summed E-state index contributed by atoms with van der Waals surface area (Å²) in [5, 5.41) is -5.53. The van der Waals surface area contributed by atoms with Crippen molar-refractivity contribution in [2.45, 2.75) is 332 Å². The average Bonchev–Trinajstić information content (AvgIpc) is 1.53. The summed E-state index contributed by atoms with van der Waals surface area (Å²) in [6, 6.07) is 0. The molecule has 24 rings (SSSR count). The van der Waals surface area contributed by atoms with Gasteiger partial charge in [0.15, 0.2) is 0 Å². The summed E-state index contributed by atoms with van der Waals surface area (Å²) in [6.07, 6.45) is 5.58. The molecule has 41 atom stereocenters. The molecule has 48 heteroatoms. The molecule has 8 heterocycles. The minimum absolute atomic E-state index is 0.00733. The van der Waals surface area contributed by atoms with Crippen molar-refractivity contribution < 1.29 is 177 Å². The zero-order chi connectivity index (χ0) is 105. The molecule has 16 bridgehead atoms. The van der Waals surface area contributed by atoms with Crippen LogP contribution in [0.2, 0.25) is 0 Å². The molecule has 0 amide bonds. The van der Waals surface area contributed by atoms with E-state index in [1.54, 1.807) is 55.4 Å². The Morgan fingerprint density at radius 3 is 1.28 bits per heavy atom. The number of hydrogen-bond donors (Lipinski definition) is 0. The molecule has 0 aromatic carbocycles. The third-order valence-electron chi connectivity index (χ3n) is 35.6. The lowest BCUT2D eigenvalue weighted by molar-refractivity contribution is -0.158. The smallest absolute Gasteiger partial charge is 0.333 e. The van der Waals surface area contributed by atoms with E-state index in [4.69, 9.17) is 71.4 Å². The van der Waals surface area contributed by atoms with E-state index in [2.05, 4.69) is 52.6 Å². The first-order valence-electron chi connectivity index (χ1n) is 48.1. The Kier molecular flexibility index (Phi) is 26.7. The van der Waals surface area contributed by atoms with Crippen LogP contribution in [0.1, 0.15) is 194 Å². The third-order valence-corrected chi connectivity index (χ3v) is 50.3. The van der Waals surface area contributed by atoms with E-state index < -0.39 is 236 Å². The molecule has 16 saturated carbocycles. The molecule has 0 aromatic rings. The van der Waals surface area contributed by atoms with Gasteiger partial charge in [0.1, 0.15) is 90.3 Å². The van der Waals surface area contributed by atoms with E-state index in [0.717, 1.165) is 51.0 Å². The van der Waals surface area contributed by atoms with Gasteiger partial charge in [-0.05, 0) is 170 Å². The molecule has 8 saturated heterocycles. The van der Waals surface area contributed by atoms with Crippen LogP contribution in [0, 0.1) is 105 Å². The number of esters is 8. The highest BCUT2D eigenvalue weighted by atomic mass is 32.3. The maximum Gasteiger partial charge on any atom is 0.333 e. The van der Waals surface area contributed by atoms with Crippen LogP contribution >= 0.6 is 0 Å². The average molecular weight is 2160 g/mol. The molecule has 8 aliphatic heterocycles. The van der Waals surface area contributed by atoms with Crippen LogP contribution in [-0.2, 0) is 191 Å². The van der Waals surface area contributed by atoms with Crippen LogP contribution < -0.4 is 0 Å². The Balaban J connectivity index is 0.000000112. The van der Waals surface area contributed by atoms with Crippen molar-refractivity contribution in [1.82, 2.24) is 0 Å². The summed E-state index contributed by atoms with van der Waals surface area (Å²) >= 11 is 0. The Morgan fingerprint density at radius 2 is 0.755 bits per heavy atom. The Labute approximate surface area is 834 Å². The lowest BCUT2D eigenvalue weighted by Gasteiger charge is -2.35. The molecule has 24 aliphatic rings. The van der Waals surface area contributed by atoms with E-state index in [-0.39, 0.29) is 164 Å². The van der Waals surface area contributed by atoms with E-state index in [0.29, 0.717) is 56.1 Å². The number of ether oxygens (including phenoxy) is 8. The summed E-state index contributed by atoms with van der Waals surface area (Å²) in [4.78, 5) is 92.6. The van der Waals surface area contributed by atoms with Crippen LogP contribution in [0.3, 0.4) is 0 Å². The minimum Gasteiger partial charge on any atom is -0.457 e. The molecular weight excluding hydrogens is 2040 g/mol. The van der Waals surface area contributed by atoms with Gasteiger partial charge < -0.3 is 37.9 Å². The summed E-state index contributed by atoms with van der Waals surface area (Å²) in [6.45, 7) is 54.2. The van der Waals surface area contributed by atoms with E-state index in [9.17, 15) is 106 Å². The molecule has 24 fully saturated rings. The second-order valence-corrected chi connectivity index (χ2v) is 59.4. The molecule has 0 N–H and O–H groups in total. The van der Waals surface area contributed by atoms with Gasteiger partial charge in [0.2, 0.25) is 0 Å². The van der Waals surface area contributed by atoms with Gasteiger partial charge in [-0.25, -0.2) is 38.4 Å². The molecule has 40 nitrogen and oxygen atoms in total. The van der Waals surface area contributed by atoms with E-state index >= 15 is 0 Å². The fourth-order valence-corrected chi connectivity index (χ4v) is 46.9. The molecule has 0 spiro atoms. The van der Waals surface area contributed by atoms with Gasteiger partial charge in [0.25, 0.3) is 80.9 Å². The minimum atomic E-state index is -3.63. The molecule has 0 radical (unpaired) electrons. The van der Waals surface area contributed by atoms with Crippen molar-refractivity contribution in [2.75, 3.05) is 0 Å². The Morgan fingerprint density at radius 1 is 0.329 bits per heavy atom. The largest absolute Gasteiger partial charge is 0.457 e. The monoisotopic (exact) mass is 2160 g/mol. The summed E-state index contributed by atoms with van der Waals surface area (Å²) in [7, 11) is -28.8. The van der Waals surface area contributed by atoms with Gasteiger partial charge in [-0.2, -0.15) is 67.3 Å². The fourth-order valence-electron chi connectivity index (χ4n) is 29.7. The Bertz CT molecular complexity index is 6460. The second kappa shape index (κ2) is 35.6. The highest BCUT2D eigenvalue weighted by molar-refractivity contribution is 7.89. The lowest BCUT2D eigenvalue weighted by Crippen LogP contribution is -2.50. The van der Waals surface area contributed by atoms with Crippen LogP contribution in [0.15, 0.2) is 97.7 Å². The number of hydrogen-bond acceptors (Lipinski definition) is 40. The molecule has 794 valence electrons. The van der Waals surface area contributed by atoms with Gasteiger partial charge in [-0.15, -0.1) is 0 Å². The van der Waals surface area contributed by atoms with Crippen LogP contribution in [0.5, 0.6) is 0 Å². The maximum absolute atomic E-state index is 12.1. The van der Waals surface area contributed by atoms with Crippen LogP contribution in [0.4, 0.5) is 0 Å². The summed E-state index contributed by atoms with van der Waals surface area (Å²) in [5.74, 6) is -3.72. The molecule has 16 aliphatic carbocycles. The zero-order valence-electron chi connectivity index (χ0n) is 82.0. The van der Waals surface area contributed by atoms with Crippen molar-refractivity contribution in [2.24, 2.45) is 105 Å². The van der Waals surface area contributed by atoms with E-state index in [1.165, 1.54) is 0 Å². The van der Waals surface area contributed by atoms with Gasteiger partial charge in [0, 0.05) is 139 Å². The van der Waals surface area contributed by atoms with E-state index in [1.807, 2.05) is 48.5 Å². The number of carbonyl (C=O) groups is 8. The van der Waals surface area contributed by atoms with Crippen molar-refractivity contribution in [3.63, 3.8) is 0 Å². The van der Waals surface area contributed by atoms with Gasteiger partial charge >= 0.3 is 47.8 Å².